The van der Waals surface area contributed by atoms with Crippen LogP contribution in [0.2, 0.25) is 0 Å². The Kier molecular flexibility index (Phi) is 7.12. The van der Waals surface area contributed by atoms with E-state index in [9.17, 15) is 5.11 Å². The van der Waals surface area contributed by atoms with Gasteiger partial charge in [-0.05, 0) is 56.2 Å². The number of aromatic amines is 1. The zero-order valence-electron chi connectivity index (χ0n) is 16.4. The van der Waals surface area contributed by atoms with Gasteiger partial charge in [-0.15, -0.1) is 0 Å². The largest absolute Gasteiger partial charge is 0.389 e. The van der Waals surface area contributed by atoms with Crippen LogP contribution in [0.5, 0.6) is 0 Å². The second-order valence-electron chi connectivity index (χ2n) is 7.34. The number of aliphatic imine (C=N–C) groups is 1. The molecular formula is C21H32N4O2. The van der Waals surface area contributed by atoms with Crippen molar-refractivity contribution in [1.29, 1.82) is 0 Å². The van der Waals surface area contributed by atoms with Crippen molar-refractivity contribution in [2.24, 2.45) is 10.9 Å². The minimum absolute atomic E-state index is 0.339. The highest BCUT2D eigenvalue weighted by Crippen LogP contribution is 2.28. The molecule has 1 fully saturated rings. The van der Waals surface area contributed by atoms with Crippen LogP contribution in [-0.4, -0.2) is 55.0 Å². The van der Waals surface area contributed by atoms with Gasteiger partial charge in [0, 0.05) is 36.8 Å². The third kappa shape index (κ3) is 5.97. The van der Waals surface area contributed by atoms with Gasteiger partial charge in [0.05, 0.1) is 19.3 Å². The number of aliphatic hydroxyl groups is 1. The monoisotopic (exact) mass is 372 g/mol. The van der Waals surface area contributed by atoms with Crippen molar-refractivity contribution in [2.75, 3.05) is 32.8 Å². The first-order valence-electron chi connectivity index (χ1n) is 10.0. The number of benzene rings is 1. The first-order valence-corrected chi connectivity index (χ1v) is 10.0. The number of hydrogen-bond acceptors (Lipinski definition) is 3. The zero-order valence-corrected chi connectivity index (χ0v) is 16.4. The highest BCUT2D eigenvalue weighted by Gasteiger charge is 2.21. The maximum Gasteiger partial charge on any atom is 0.191 e. The molecule has 1 aromatic heterocycles. The molecule has 1 saturated carbocycles. The summed E-state index contributed by atoms with van der Waals surface area (Å²) in [7, 11) is 0. The molecule has 0 bridgehead atoms. The Morgan fingerprint density at radius 2 is 2.22 bits per heavy atom. The number of guanidine groups is 1. The van der Waals surface area contributed by atoms with Crippen molar-refractivity contribution in [3.63, 3.8) is 0 Å². The van der Waals surface area contributed by atoms with Crippen LogP contribution in [-0.2, 0) is 11.2 Å². The van der Waals surface area contributed by atoms with E-state index >= 15 is 0 Å². The third-order valence-electron chi connectivity index (χ3n) is 4.85. The van der Waals surface area contributed by atoms with Gasteiger partial charge >= 0.3 is 0 Å². The number of hydrogen-bond donors (Lipinski definition) is 4. The van der Waals surface area contributed by atoms with Gasteiger partial charge in [-0.2, -0.15) is 0 Å². The average molecular weight is 373 g/mol. The quantitative estimate of drug-likeness (QED) is 0.381. The van der Waals surface area contributed by atoms with Gasteiger partial charge in [-0.25, -0.2) is 0 Å². The fraction of sp³-hybridized carbons (Fsp3) is 0.571. The van der Waals surface area contributed by atoms with Gasteiger partial charge < -0.3 is 25.5 Å². The van der Waals surface area contributed by atoms with Crippen LogP contribution in [0.1, 0.15) is 30.9 Å². The summed E-state index contributed by atoms with van der Waals surface area (Å²) in [6.45, 7) is 7.21. The van der Waals surface area contributed by atoms with E-state index in [2.05, 4.69) is 51.9 Å². The second kappa shape index (κ2) is 9.76. The van der Waals surface area contributed by atoms with E-state index in [0.29, 0.717) is 19.1 Å². The Labute approximate surface area is 161 Å². The lowest BCUT2D eigenvalue weighted by atomic mass is 10.1. The molecular weight excluding hydrogens is 340 g/mol. The van der Waals surface area contributed by atoms with Gasteiger partial charge in [0.1, 0.15) is 0 Å². The Bertz CT molecular complexity index is 752. The van der Waals surface area contributed by atoms with Crippen molar-refractivity contribution in [3.8, 4) is 0 Å². The predicted molar refractivity (Wildman–Crippen MR) is 110 cm³/mol. The van der Waals surface area contributed by atoms with E-state index in [1.165, 1.54) is 34.9 Å². The maximum absolute atomic E-state index is 10.0. The van der Waals surface area contributed by atoms with Crippen LogP contribution >= 0.6 is 0 Å². The minimum atomic E-state index is -0.560. The summed E-state index contributed by atoms with van der Waals surface area (Å²) in [6.07, 6.45) is 4.96. The summed E-state index contributed by atoms with van der Waals surface area (Å²) in [6, 6.07) is 6.33. The number of fused-ring (bicyclic) bond motifs is 1. The number of ether oxygens (including phenoxy) is 1. The summed E-state index contributed by atoms with van der Waals surface area (Å²) in [5, 5.41) is 17.9. The van der Waals surface area contributed by atoms with Crippen LogP contribution in [0.25, 0.3) is 10.9 Å². The molecule has 1 aliphatic carbocycles. The molecule has 0 saturated heterocycles. The molecule has 1 aliphatic rings. The Balaban J connectivity index is 1.46. The summed E-state index contributed by atoms with van der Waals surface area (Å²) < 4.78 is 5.53. The predicted octanol–water partition coefficient (Wildman–Crippen LogP) is 2.36. The fourth-order valence-electron chi connectivity index (χ4n) is 3.21. The molecule has 148 valence electrons. The first-order chi connectivity index (χ1) is 13.2. The summed E-state index contributed by atoms with van der Waals surface area (Å²) >= 11 is 0. The number of nitrogens with one attached hydrogen (secondary N) is 3. The molecule has 6 nitrogen and oxygen atoms in total. The first kappa shape index (κ1) is 19.7. The van der Waals surface area contributed by atoms with Crippen molar-refractivity contribution < 1.29 is 9.84 Å². The van der Waals surface area contributed by atoms with Crippen LogP contribution in [0.3, 0.4) is 0 Å². The summed E-state index contributed by atoms with van der Waals surface area (Å²) in [5.41, 5.74) is 3.78. The molecule has 1 heterocycles. The van der Waals surface area contributed by atoms with Crippen LogP contribution in [0.15, 0.2) is 29.4 Å². The molecule has 0 spiro atoms. The Hall–Kier alpha value is -2.05. The molecule has 1 unspecified atom stereocenters. The van der Waals surface area contributed by atoms with Crippen molar-refractivity contribution >= 4 is 16.9 Å². The van der Waals surface area contributed by atoms with E-state index in [1.54, 1.807) is 0 Å². The summed E-state index contributed by atoms with van der Waals surface area (Å²) in [4.78, 5) is 7.83. The maximum atomic E-state index is 10.0. The lowest BCUT2D eigenvalue weighted by molar-refractivity contribution is 0.0368. The van der Waals surface area contributed by atoms with E-state index in [0.717, 1.165) is 32.1 Å². The smallest absolute Gasteiger partial charge is 0.191 e. The molecule has 1 atom stereocenters. The molecule has 4 N–H and O–H groups in total. The molecule has 1 aromatic carbocycles. The van der Waals surface area contributed by atoms with Crippen molar-refractivity contribution in [1.82, 2.24) is 15.6 Å². The average Bonchev–Trinajstić information content (AvgIpc) is 3.38. The normalized spacial score (nSPS) is 15.9. The van der Waals surface area contributed by atoms with Crippen molar-refractivity contribution in [3.05, 3.63) is 35.5 Å². The highest BCUT2D eigenvalue weighted by atomic mass is 16.5. The second-order valence-corrected chi connectivity index (χ2v) is 7.34. The lowest BCUT2D eigenvalue weighted by Crippen LogP contribution is -2.39. The van der Waals surface area contributed by atoms with E-state index < -0.39 is 6.10 Å². The van der Waals surface area contributed by atoms with Gasteiger partial charge in [-0.3, -0.25) is 4.99 Å². The van der Waals surface area contributed by atoms with Gasteiger partial charge in [0.2, 0.25) is 0 Å². The van der Waals surface area contributed by atoms with Crippen molar-refractivity contribution in [2.45, 2.75) is 39.2 Å². The van der Waals surface area contributed by atoms with E-state index in [4.69, 9.17) is 4.74 Å². The van der Waals surface area contributed by atoms with Crippen LogP contribution in [0.4, 0.5) is 0 Å². The number of aryl methyl sites for hydroxylation is 1. The molecule has 0 amide bonds. The standard InChI is InChI=1S/C21H32N4O2/c1-3-22-21(25-12-18(26)14-27-13-16-7-8-16)23-10-9-17-11-24-19-6-4-5-15(2)20(17)19/h4-6,11,16,18,24,26H,3,7-10,12-14H2,1-2H3,(H2,22,23,25). The van der Waals surface area contributed by atoms with E-state index in [-0.39, 0.29) is 0 Å². The SMILES string of the molecule is CCNC(=NCC(O)COCC1CC1)NCCc1c[nH]c2cccc(C)c12. The van der Waals surface area contributed by atoms with Gasteiger partial charge in [-0.1, -0.05) is 12.1 Å². The molecule has 6 heteroatoms. The minimum Gasteiger partial charge on any atom is -0.389 e. The topological polar surface area (TPSA) is 81.7 Å². The molecule has 0 aliphatic heterocycles. The Morgan fingerprint density at radius 1 is 1.37 bits per heavy atom. The third-order valence-corrected chi connectivity index (χ3v) is 4.85. The number of H-pyrrole nitrogens is 1. The highest BCUT2D eigenvalue weighted by molar-refractivity contribution is 5.86. The molecule has 0 radical (unpaired) electrons. The van der Waals surface area contributed by atoms with Gasteiger partial charge in [0.15, 0.2) is 5.96 Å². The number of rotatable bonds is 10. The molecule has 2 aromatic rings. The summed E-state index contributed by atoms with van der Waals surface area (Å²) in [5.74, 6) is 1.45. The van der Waals surface area contributed by atoms with Crippen LogP contribution in [0, 0.1) is 12.8 Å². The Morgan fingerprint density at radius 3 is 3.00 bits per heavy atom. The van der Waals surface area contributed by atoms with E-state index in [1.807, 2.05) is 6.92 Å². The fourth-order valence-corrected chi connectivity index (χ4v) is 3.21. The lowest BCUT2D eigenvalue weighted by Gasteiger charge is -2.13. The van der Waals surface area contributed by atoms with Crippen LogP contribution < -0.4 is 10.6 Å². The number of aromatic nitrogens is 1. The van der Waals surface area contributed by atoms with Gasteiger partial charge in [0.25, 0.3) is 0 Å². The zero-order chi connectivity index (χ0) is 19.1. The molecule has 27 heavy (non-hydrogen) atoms. The number of aliphatic hydroxyl groups excluding tert-OH is 1. The molecule has 3 rings (SSSR count). The number of nitrogens with zero attached hydrogens (tertiary/aromatic N) is 1.